The molecule has 4 N–H and O–H groups in total. The Morgan fingerprint density at radius 3 is 2.16 bits per heavy atom. The van der Waals surface area contributed by atoms with Crippen molar-refractivity contribution in [1.29, 1.82) is 0 Å². The van der Waals surface area contributed by atoms with Gasteiger partial charge in [-0.2, -0.15) is 13.2 Å². The summed E-state index contributed by atoms with van der Waals surface area (Å²) in [5, 5.41) is 18.5. The van der Waals surface area contributed by atoms with E-state index >= 15 is 0 Å². The van der Waals surface area contributed by atoms with Gasteiger partial charge in [-0.1, -0.05) is 12.1 Å². The minimum atomic E-state index is -4.60. The van der Waals surface area contributed by atoms with E-state index < -0.39 is 76.9 Å². The number of ether oxygens (including phenoxy) is 1. The molecule has 0 fully saturated rings. The number of hydrogen-bond acceptors (Lipinski definition) is 6. The molecule has 1 heterocycles. The number of carboxylic acids is 2. The van der Waals surface area contributed by atoms with Crippen molar-refractivity contribution in [2.24, 2.45) is 11.7 Å². The van der Waals surface area contributed by atoms with Crippen LogP contribution in [-0.4, -0.2) is 33.0 Å². The number of rotatable bonds is 9. The molecule has 37 heavy (non-hydrogen) atoms. The number of nitrogens with zero attached hydrogens (tertiary/aromatic N) is 1. The van der Waals surface area contributed by atoms with E-state index in [0.717, 1.165) is 30.3 Å². The van der Waals surface area contributed by atoms with Crippen molar-refractivity contribution in [3.05, 3.63) is 69.7 Å². The van der Waals surface area contributed by atoms with Crippen molar-refractivity contribution in [2.75, 3.05) is 0 Å². The van der Waals surface area contributed by atoms with E-state index in [9.17, 15) is 46.5 Å². The van der Waals surface area contributed by atoms with Gasteiger partial charge in [-0.3, -0.25) is 14.4 Å². The second-order valence-electron chi connectivity index (χ2n) is 7.42. The first-order valence-corrected chi connectivity index (χ1v) is 10.7. The number of oxazole rings is 1. The summed E-state index contributed by atoms with van der Waals surface area (Å²) in [5.74, 6) is -11.3. The maximum atomic E-state index is 14.7. The summed E-state index contributed by atoms with van der Waals surface area (Å²) in [6.45, 7) is 0. The number of benzene rings is 2. The first kappa shape index (κ1) is 27.6. The van der Waals surface area contributed by atoms with E-state index in [1.807, 2.05) is 0 Å². The quantitative estimate of drug-likeness (QED) is 0.237. The number of primary amides is 1. The number of amides is 1. The molecule has 0 aliphatic heterocycles. The Hall–Kier alpha value is -4.01. The predicted octanol–water partition coefficient (Wildman–Crippen LogP) is 4.80. The predicted molar refractivity (Wildman–Crippen MR) is 116 cm³/mol. The van der Waals surface area contributed by atoms with Crippen LogP contribution in [0.5, 0.6) is 5.75 Å². The van der Waals surface area contributed by atoms with Crippen molar-refractivity contribution in [1.82, 2.24) is 4.98 Å². The lowest BCUT2D eigenvalue weighted by molar-refractivity contribution is -0.156. The maximum Gasteiger partial charge on any atom is 0.416 e. The standard InChI is InChI=1S/C22H14BrF5N2O7/c23-17-16(8-1-3-9(4-2-8)22(26,27)28)30-19(37-17)13(7-10(20(32)33)21(34)35)36-12-6-5-11(24)14(15(12)25)18(29)31/h1-6,10,13H,7H2,(H2,29,31)(H,32,33)(H,34,35). The molecule has 1 aromatic heterocycles. The summed E-state index contributed by atoms with van der Waals surface area (Å²) in [6.07, 6.45) is -7.22. The van der Waals surface area contributed by atoms with Crippen molar-refractivity contribution in [3.63, 3.8) is 0 Å². The van der Waals surface area contributed by atoms with Crippen LogP contribution in [0, 0.1) is 17.6 Å². The Labute approximate surface area is 211 Å². The summed E-state index contributed by atoms with van der Waals surface area (Å²) < 4.78 is 77.8. The minimum Gasteiger partial charge on any atom is -0.481 e. The third-order valence-corrected chi connectivity index (χ3v) is 5.52. The first-order chi connectivity index (χ1) is 17.2. The third-order valence-electron chi connectivity index (χ3n) is 4.98. The second kappa shape index (κ2) is 10.5. The zero-order chi connectivity index (χ0) is 27.7. The highest BCUT2D eigenvalue weighted by Gasteiger charge is 2.35. The number of carboxylic acid groups (broad SMARTS) is 2. The second-order valence-corrected chi connectivity index (χ2v) is 8.14. The van der Waals surface area contributed by atoms with Gasteiger partial charge in [0.1, 0.15) is 17.1 Å². The van der Waals surface area contributed by atoms with Crippen LogP contribution >= 0.6 is 15.9 Å². The molecule has 0 spiro atoms. The van der Waals surface area contributed by atoms with E-state index in [2.05, 4.69) is 20.9 Å². The number of nitrogens with two attached hydrogens (primary N) is 1. The van der Waals surface area contributed by atoms with Gasteiger partial charge in [0, 0.05) is 12.0 Å². The monoisotopic (exact) mass is 592 g/mol. The molecule has 0 radical (unpaired) electrons. The molecule has 3 aromatic rings. The molecule has 2 aromatic carbocycles. The Kier molecular flexibility index (Phi) is 7.86. The largest absolute Gasteiger partial charge is 0.481 e. The number of alkyl halides is 3. The molecule has 1 atom stereocenters. The summed E-state index contributed by atoms with van der Waals surface area (Å²) in [7, 11) is 0. The molecule has 9 nitrogen and oxygen atoms in total. The molecule has 15 heteroatoms. The van der Waals surface area contributed by atoms with Crippen LogP contribution < -0.4 is 10.5 Å². The topological polar surface area (TPSA) is 153 Å². The SMILES string of the molecule is NC(=O)c1c(F)ccc(OC(CC(C(=O)O)C(=O)O)c2nc(-c3ccc(C(F)(F)F)cc3)c(Br)o2)c1F. The Bertz CT molecular complexity index is 1340. The van der Waals surface area contributed by atoms with Crippen molar-refractivity contribution in [2.45, 2.75) is 18.7 Å². The smallest absolute Gasteiger partial charge is 0.416 e. The molecular weight excluding hydrogens is 579 g/mol. The molecule has 196 valence electrons. The normalized spacial score (nSPS) is 12.4. The number of carbonyl (C=O) groups is 3. The highest BCUT2D eigenvalue weighted by Crippen LogP contribution is 2.37. The molecular formula is C22H14BrF5N2O7. The van der Waals surface area contributed by atoms with E-state index in [4.69, 9.17) is 14.9 Å². The maximum absolute atomic E-state index is 14.7. The fourth-order valence-electron chi connectivity index (χ4n) is 3.17. The van der Waals surface area contributed by atoms with Crippen LogP contribution in [0.25, 0.3) is 11.3 Å². The van der Waals surface area contributed by atoms with Gasteiger partial charge in [0.05, 0.1) is 5.56 Å². The first-order valence-electron chi connectivity index (χ1n) is 9.94. The van der Waals surface area contributed by atoms with E-state index in [1.54, 1.807) is 0 Å². The van der Waals surface area contributed by atoms with Gasteiger partial charge in [0.25, 0.3) is 5.91 Å². The average Bonchev–Trinajstić information content (AvgIpc) is 3.18. The Morgan fingerprint density at radius 1 is 1.05 bits per heavy atom. The molecule has 0 saturated carbocycles. The molecule has 3 rings (SSSR count). The number of hydrogen-bond donors (Lipinski definition) is 3. The summed E-state index contributed by atoms with van der Waals surface area (Å²) in [5.41, 5.74) is 2.91. The van der Waals surface area contributed by atoms with Gasteiger partial charge in [-0.05, 0) is 40.2 Å². The zero-order valence-corrected chi connectivity index (χ0v) is 19.6. The van der Waals surface area contributed by atoms with E-state index in [0.29, 0.717) is 6.07 Å². The van der Waals surface area contributed by atoms with Crippen LogP contribution in [-0.2, 0) is 15.8 Å². The van der Waals surface area contributed by atoms with Crippen LogP contribution in [0.15, 0.2) is 45.5 Å². The van der Waals surface area contributed by atoms with E-state index in [1.165, 1.54) is 0 Å². The summed E-state index contributed by atoms with van der Waals surface area (Å²) in [4.78, 5) is 38.4. The number of aliphatic carboxylic acids is 2. The van der Waals surface area contributed by atoms with Crippen molar-refractivity contribution in [3.8, 4) is 17.0 Å². The lowest BCUT2D eigenvalue weighted by atomic mass is 10.0. The highest BCUT2D eigenvalue weighted by atomic mass is 79.9. The Balaban J connectivity index is 2.06. The van der Waals surface area contributed by atoms with Crippen LogP contribution in [0.2, 0.25) is 0 Å². The van der Waals surface area contributed by atoms with Gasteiger partial charge in [0.2, 0.25) is 5.89 Å². The van der Waals surface area contributed by atoms with Crippen LogP contribution in [0.1, 0.15) is 34.3 Å². The molecule has 0 bridgehead atoms. The molecule has 0 aliphatic rings. The lowest BCUT2D eigenvalue weighted by Gasteiger charge is -2.19. The number of carbonyl (C=O) groups excluding carboxylic acids is 1. The molecule has 0 saturated heterocycles. The lowest BCUT2D eigenvalue weighted by Crippen LogP contribution is -2.27. The average molecular weight is 593 g/mol. The number of halogens is 6. The number of aromatic nitrogens is 1. The van der Waals surface area contributed by atoms with Gasteiger partial charge in [0.15, 0.2) is 28.3 Å². The van der Waals surface area contributed by atoms with Gasteiger partial charge in [-0.15, -0.1) is 0 Å². The summed E-state index contributed by atoms with van der Waals surface area (Å²) in [6, 6.07) is 5.07. The van der Waals surface area contributed by atoms with Gasteiger partial charge in [-0.25, -0.2) is 13.8 Å². The molecule has 0 aliphatic carbocycles. The zero-order valence-electron chi connectivity index (χ0n) is 18.1. The van der Waals surface area contributed by atoms with Gasteiger partial charge >= 0.3 is 18.1 Å². The van der Waals surface area contributed by atoms with Gasteiger partial charge < -0.3 is 25.1 Å². The molecule has 1 unspecified atom stereocenters. The highest BCUT2D eigenvalue weighted by molar-refractivity contribution is 9.10. The van der Waals surface area contributed by atoms with Crippen molar-refractivity contribution >= 4 is 33.8 Å². The van der Waals surface area contributed by atoms with Crippen LogP contribution in [0.3, 0.4) is 0 Å². The fourth-order valence-corrected chi connectivity index (χ4v) is 3.66. The molecule has 1 amide bonds. The summed E-state index contributed by atoms with van der Waals surface area (Å²) >= 11 is 3.02. The Morgan fingerprint density at radius 2 is 1.65 bits per heavy atom. The minimum absolute atomic E-state index is 0.0723. The van der Waals surface area contributed by atoms with Crippen molar-refractivity contribution < 1.29 is 55.7 Å². The van der Waals surface area contributed by atoms with E-state index in [-0.39, 0.29) is 15.9 Å². The van der Waals surface area contributed by atoms with Crippen LogP contribution in [0.4, 0.5) is 22.0 Å². The fraction of sp³-hybridized carbons (Fsp3) is 0.182. The third kappa shape index (κ3) is 6.04.